The van der Waals surface area contributed by atoms with Gasteiger partial charge in [0.15, 0.2) is 0 Å². The van der Waals surface area contributed by atoms with Crippen LogP contribution in [0, 0.1) is 13.8 Å². The maximum absolute atomic E-state index is 12.7. The van der Waals surface area contributed by atoms with E-state index < -0.39 is 0 Å². The van der Waals surface area contributed by atoms with Gasteiger partial charge in [-0.3, -0.25) is 4.79 Å². The zero-order valence-corrected chi connectivity index (χ0v) is 13.5. The molecule has 4 heteroatoms. The molecule has 0 bridgehead atoms. The van der Waals surface area contributed by atoms with Crippen LogP contribution >= 0.6 is 11.6 Å². The van der Waals surface area contributed by atoms with Crippen molar-refractivity contribution in [2.75, 3.05) is 24.3 Å². The molecule has 0 aliphatic carbocycles. The average Bonchev–Trinajstić information content (AvgIpc) is 2.44. The highest BCUT2D eigenvalue weighted by Gasteiger charge is 2.17. The molecule has 1 N–H and O–H groups in total. The number of anilines is 2. The van der Waals surface area contributed by atoms with E-state index in [9.17, 15) is 4.79 Å². The molecule has 0 radical (unpaired) electrons. The van der Waals surface area contributed by atoms with E-state index in [0.29, 0.717) is 10.6 Å². The Hall–Kier alpha value is -2.00. The van der Waals surface area contributed by atoms with Crippen LogP contribution in [0.25, 0.3) is 0 Å². The van der Waals surface area contributed by atoms with Gasteiger partial charge in [-0.25, -0.2) is 0 Å². The van der Waals surface area contributed by atoms with Crippen molar-refractivity contribution in [1.82, 2.24) is 0 Å². The minimum atomic E-state index is -0.0909. The lowest BCUT2D eigenvalue weighted by Gasteiger charge is -2.20. The second kappa shape index (κ2) is 6.19. The second-order valence-electron chi connectivity index (χ2n) is 5.15. The number of amides is 1. The highest BCUT2D eigenvalue weighted by Crippen LogP contribution is 2.25. The van der Waals surface area contributed by atoms with Gasteiger partial charge in [-0.05, 0) is 55.3 Å². The number of hydrogen-bond acceptors (Lipinski definition) is 2. The van der Waals surface area contributed by atoms with Crippen molar-refractivity contribution in [2.45, 2.75) is 13.8 Å². The van der Waals surface area contributed by atoms with Crippen molar-refractivity contribution < 1.29 is 4.79 Å². The minimum absolute atomic E-state index is 0.0909. The molecule has 0 saturated heterocycles. The second-order valence-corrected chi connectivity index (χ2v) is 5.59. The zero-order valence-electron chi connectivity index (χ0n) is 12.7. The smallest absolute Gasteiger partial charge is 0.260 e. The normalized spacial score (nSPS) is 10.3. The standard InChI is InChI=1S/C17H19ClN2O/c1-11-7-12(2)9-14(8-11)20(4)17(21)15-10-13(18)5-6-16(15)19-3/h5-10,19H,1-4H3. The summed E-state index contributed by atoms with van der Waals surface area (Å²) >= 11 is 6.02. The molecule has 0 unspecified atom stereocenters. The molecule has 0 fully saturated rings. The van der Waals surface area contributed by atoms with Crippen molar-refractivity contribution in [3.8, 4) is 0 Å². The molecule has 0 aliphatic rings. The number of nitrogens with one attached hydrogen (secondary N) is 1. The van der Waals surface area contributed by atoms with Crippen LogP contribution in [0.1, 0.15) is 21.5 Å². The largest absolute Gasteiger partial charge is 0.387 e. The highest BCUT2D eigenvalue weighted by molar-refractivity contribution is 6.31. The Morgan fingerprint density at radius 2 is 1.71 bits per heavy atom. The molecular weight excluding hydrogens is 284 g/mol. The van der Waals surface area contributed by atoms with Gasteiger partial charge < -0.3 is 10.2 Å². The van der Waals surface area contributed by atoms with Crippen LogP contribution in [0.3, 0.4) is 0 Å². The SMILES string of the molecule is CNc1ccc(Cl)cc1C(=O)N(C)c1cc(C)cc(C)c1. The molecule has 1 amide bonds. The molecule has 0 spiro atoms. The van der Waals surface area contributed by atoms with E-state index in [4.69, 9.17) is 11.6 Å². The number of aryl methyl sites for hydroxylation is 2. The first kappa shape index (κ1) is 15.4. The first-order valence-electron chi connectivity index (χ1n) is 6.76. The Morgan fingerprint density at radius 3 is 2.29 bits per heavy atom. The number of carbonyl (C=O) groups excluding carboxylic acids is 1. The molecule has 0 atom stereocenters. The van der Waals surface area contributed by atoms with Gasteiger partial charge in [-0.2, -0.15) is 0 Å². The summed E-state index contributed by atoms with van der Waals surface area (Å²) in [6, 6.07) is 11.3. The number of rotatable bonds is 3. The van der Waals surface area contributed by atoms with Crippen LogP contribution < -0.4 is 10.2 Å². The minimum Gasteiger partial charge on any atom is -0.387 e. The van der Waals surface area contributed by atoms with E-state index in [2.05, 4.69) is 11.4 Å². The van der Waals surface area contributed by atoms with Crippen molar-refractivity contribution >= 4 is 28.9 Å². The number of hydrogen-bond donors (Lipinski definition) is 1. The van der Waals surface area contributed by atoms with Gasteiger partial charge in [0.05, 0.1) is 5.56 Å². The maximum Gasteiger partial charge on any atom is 0.260 e. The van der Waals surface area contributed by atoms with Crippen LogP contribution in [0.4, 0.5) is 11.4 Å². The van der Waals surface area contributed by atoms with Crippen molar-refractivity contribution in [2.24, 2.45) is 0 Å². The topological polar surface area (TPSA) is 32.3 Å². The molecule has 0 saturated carbocycles. The van der Waals surface area contributed by atoms with Gasteiger partial charge in [0.1, 0.15) is 0 Å². The first-order valence-corrected chi connectivity index (χ1v) is 7.14. The fraction of sp³-hybridized carbons (Fsp3) is 0.235. The number of nitrogens with zero attached hydrogens (tertiary/aromatic N) is 1. The van der Waals surface area contributed by atoms with Crippen molar-refractivity contribution in [1.29, 1.82) is 0 Å². The Kier molecular flexibility index (Phi) is 4.53. The zero-order chi connectivity index (χ0) is 15.6. The van der Waals surface area contributed by atoms with Crippen LogP contribution in [0.5, 0.6) is 0 Å². The fourth-order valence-corrected chi connectivity index (χ4v) is 2.53. The van der Waals surface area contributed by atoms with E-state index in [1.165, 1.54) is 0 Å². The highest BCUT2D eigenvalue weighted by atomic mass is 35.5. The van der Waals surface area contributed by atoms with E-state index in [0.717, 1.165) is 22.5 Å². The Labute approximate surface area is 130 Å². The van der Waals surface area contributed by atoms with E-state index in [-0.39, 0.29) is 5.91 Å². The summed E-state index contributed by atoms with van der Waals surface area (Å²) < 4.78 is 0. The average molecular weight is 303 g/mol. The van der Waals surface area contributed by atoms with Crippen LogP contribution in [-0.2, 0) is 0 Å². The number of benzene rings is 2. The van der Waals surface area contributed by atoms with Gasteiger partial charge in [-0.15, -0.1) is 0 Å². The molecule has 21 heavy (non-hydrogen) atoms. The maximum atomic E-state index is 12.7. The van der Waals surface area contributed by atoms with Gasteiger partial charge in [0, 0.05) is 30.5 Å². The summed E-state index contributed by atoms with van der Waals surface area (Å²) in [5, 5.41) is 3.57. The Morgan fingerprint density at radius 1 is 1.10 bits per heavy atom. The molecular formula is C17H19ClN2O. The molecule has 3 nitrogen and oxygen atoms in total. The number of halogens is 1. The summed E-state index contributed by atoms with van der Waals surface area (Å²) in [5.41, 5.74) is 4.46. The van der Waals surface area contributed by atoms with Gasteiger partial charge in [-0.1, -0.05) is 17.7 Å². The predicted molar refractivity (Wildman–Crippen MR) is 89.6 cm³/mol. The third-order valence-corrected chi connectivity index (χ3v) is 3.61. The summed E-state index contributed by atoms with van der Waals surface area (Å²) in [6.45, 7) is 4.04. The lowest BCUT2D eigenvalue weighted by molar-refractivity contribution is 0.0994. The lowest BCUT2D eigenvalue weighted by Crippen LogP contribution is -2.27. The third-order valence-electron chi connectivity index (χ3n) is 3.38. The van der Waals surface area contributed by atoms with Gasteiger partial charge >= 0.3 is 0 Å². The quantitative estimate of drug-likeness (QED) is 0.918. The number of carbonyl (C=O) groups is 1. The van der Waals surface area contributed by atoms with E-state index in [1.54, 1.807) is 31.1 Å². The monoisotopic (exact) mass is 302 g/mol. The predicted octanol–water partition coefficient (Wildman–Crippen LogP) is 4.28. The van der Waals surface area contributed by atoms with Crippen molar-refractivity contribution in [3.63, 3.8) is 0 Å². The molecule has 0 heterocycles. The first-order chi connectivity index (χ1) is 9.92. The third kappa shape index (κ3) is 3.37. The molecule has 110 valence electrons. The summed E-state index contributed by atoms with van der Waals surface area (Å²) in [6.07, 6.45) is 0. The molecule has 0 aromatic heterocycles. The molecule has 2 rings (SSSR count). The summed E-state index contributed by atoms with van der Waals surface area (Å²) in [7, 11) is 3.56. The van der Waals surface area contributed by atoms with Crippen LogP contribution in [-0.4, -0.2) is 20.0 Å². The fourth-order valence-electron chi connectivity index (χ4n) is 2.35. The van der Waals surface area contributed by atoms with Crippen molar-refractivity contribution in [3.05, 3.63) is 58.1 Å². The van der Waals surface area contributed by atoms with Gasteiger partial charge in [0.2, 0.25) is 0 Å². The molecule has 2 aromatic rings. The van der Waals surface area contributed by atoms with Gasteiger partial charge in [0.25, 0.3) is 5.91 Å². The van der Waals surface area contributed by atoms with Crippen LogP contribution in [0.15, 0.2) is 36.4 Å². The van der Waals surface area contributed by atoms with E-state index >= 15 is 0 Å². The lowest BCUT2D eigenvalue weighted by atomic mass is 10.1. The Balaban J connectivity index is 2.41. The molecule has 2 aromatic carbocycles. The van der Waals surface area contributed by atoms with Crippen LogP contribution in [0.2, 0.25) is 5.02 Å². The summed E-state index contributed by atoms with van der Waals surface area (Å²) in [5.74, 6) is -0.0909. The Bertz CT molecular complexity index is 662. The molecule has 0 aliphatic heterocycles. The summed E-state index contributed by atoms with van der Waals surface area (Å²) in [4.78, 5) is 14.4. The van der Waals surface area contributed by atoms with E-state index in [1.807, 2.05) is 32.0 Å².